The van der Waals surface area contributed by atoms with Crippen LogP contribution >= 0.6 is 0 Å². The normalized spacial score (nSPS) is 12.0. The van der Waals surface area contributed by atoms with Gasteiger partial charge < -0.3 is 10.1 Å². The van der Waals surface area contributed by atoms with Gasteiger partial charge in [-0.25, -0.2) is 0 Å². The van der Waals surface area contributed by atoms with E-state index < -0.39 is 0 Å². The molecule has 0 aliphatic carbocycles. The molecule has 1 N–H and O–H groups in total. The van der Waals surface area contributed by atoms with Gasteiger partial charge in [-0.05, 0) is 42.0 Å². The molecule has 1 atom stereocenters. The van der Waals surface area contributed by atoms with E-state index in [1.165, 1.54) is 5.56 Å². The van der Waals surface area contributed by atoms with Crippen molar-refractivity contribution >= 4 is 5.91 Å². The van der Waals surface area contributed by atoms with Crippen molar-refractivity contribution in [3.05, 3.63) is 65.7 Å². The number of methoxy groups -OCH3 is 1. The molecule has 3 nitrogen and oxygen atoms in total. The van der Waals surface area contributed by atoms with Crippen molar-refractivity contribution < 1.29 is 9.53 Å². The second-order valence-electron chi connectivity index (χ2n) is 6.51. The van der Waals surface area contributed by atoms with Crippen molar-refractivity contribution in [2.24, 2.45) is 5.92 Å². The Bertz CT molecular complexity index is 637. The molecule has 0 bridgehead atoms. The first-order valence-electron chi connectivity index (χ1n) is 8.55. The molecular formula is C21H27NO2. The molecule has 2 aromatic rings. The number of aryl methyl sites for hydroxylation is 1. The average Bonchev–Trinajstić information content (AvgIpc) is 2.60. The number of benzene rings is 2. The molecule has 1 amide bonds. The second-order valence-corrected chi connectivity index (χ2v) is 6.51. The molecule has 1 unspecified atom stereocenters. The number of nitrogens with one attached hydrogen (secondary N) is 1. The zero-order valence-electron chi connectivity index (χ0n) is 14.8. The van der Waals surface area contributed by atoms with E-state index in [1.54, 1.807) is 7.11 Å². The summed E-state index contributed by atoms with van der Waals surface area (Å²) in [6, 6.07) is 18.1. The lowest BCUT2D eigenvalue weighted by molar-refractivity contribution is -0.121. The van der Waals surface area contributed by atoms with E-state index in [1.807, 2.05) is 42.5 Å². The van der Waals surface area contributed by atoms with Crippen molar-refractivity contribution in [2.45, 2.75) is 39.2 Å². The Kier molecular flexibility index (Phi) is 6.86. The fourth-order valence-corrected chi connectivity index (χ4v) is 2.79. The maximum absolute atomic E-state index is 12.4. The lowest BCUT2D eigenvalue weighted by Crippen LogP contribution is -2.29. The maximum atomic E-state index is 12.4. The molecule has 0 saturated carbocycles. The summed E-state index contributed by atoms with van der Waals surface area (Å²) in [6.07, 6.45) is 2.13. The molecule has 0 heterocycles. The molecule has 0 spiro atoms. The van der Waals surface area contributed by atoms with Gasteiger partial charge in [0.15, 0.2) is 0 Å². The number of ether oxygens (including phenoxy) is 1. The molecule has 0 radical (unpaired) electrons. The number of amides is 1. The highest BCUT2D eigenvalue weighted by atomic mass is 16.5. The maximum Gasteiger partial charge on any atom is 0.220 e. The first kappa shape index (κ1) is 18.1. The van der Waals surface area contributed by atoms with Gasteiger partial charge in [-0.3, -0.25) is 4.79 Å². The molecule has 0 aromatic heterocycles. The Labute approximate surface area is 145 Å². The summed E-state index contributed by atoms with van der Waals surface area (Å²) in [5.74, 6) is 1.44. The minimum atomic E-state index is 0.0732. The summed E-state index contributed by atoms with van der Waals surface area (Å²) in [6.45, 7) is 4.36. The van der Waals surface area contributed by atoms with E-state index in [0.717, 1.165) is 17.7 Å². The van der Waals surface area contributed by atoms with Crippen LogP contribution in [0.5, 0.6) is 5.75 Å². The van der Waals surface area contributed by atoms with E-state index >= 15 is 0 Å². The van der Waals surface area contributed by atoms with E-state index in [-0.39, 0.29) is 11.9 Å². The fraction of sp³-hybridized carbons (Fsp3) is 0.381. The van der Waals surface area contributed by atoms with Crippen LogP contribution in [0.15, 0.2) is 54.6 Å². The molecule has 0 saturated heterocycles. The number of carbonyl (C=O) groups excluding carboxylic acids is 1. The van der Waals surface area contributed by atoms with Crippen LogP contribution in [0.25, 0.3) is 0 Å². The number of rotatable bonds is 8. The third kappa shape index (κ3) is 5.73. The molecule has 0 fully saturated rings. The smallest absolute Gasteiger partial charge is 0.220 e. The first-order valence-corrected chi connectivity index (χ1v) is 8.55. The monoisotopic (exact) mass is 325 g/mol. The topological polar surface area (TPSA) is 38.3 Å². The lowest BCUT2D eigenvalue weighted by Gasteiger charge is -2.21. The predicted octanol–water partition coefficient (Wildman–Crippen LogP) is 4.53. The first-order chi connectivity index (χ1) is 11.6. The summed E-state index contributed by atoms with van der Waals surface area (Å²) in [5.41, 5.74) is 2.28. The minimum Gasteiger partial charge on any atom is -0.497 e. The van der Waals surface area contributed by atoms with Gasteiger partial charge in [0.2, 0.25) is 5.91 Å². The van der Waals surface area contributed by atoms with Crippen LogP contribution in [-0.2, 0) is 11.2 Å². The van der Waals surface area contributed by atoms with E-state index in [4.69, 9.17) is 4.74 Å². The molecule has 3 heteroatoms. The Morgan fingerprint density at radius 2 is 1.83 bits per heavy atom. The zero-order chi connectivity index (χ0) is 17.4. The Hall–Kier alpha value is -2.29. The number of carbonyl (C=O) groups is 1. The third-order valence-corrected chi connectivity index (χ3v) is 4.02. The van der Waals surface area contributed by atoms with Crippen molar-refractivity contribution in [1.82, 2.24) is 5.32 Å². The van der Waals surface area contributed by atoms with Gasteiger partial charge in [-0.2, -0.15) is 0 Å². The minimum absolute atomic E-state index is 0.0732. The third-order valence-electron chi connectivity index (χ3n) is 4.02. The Morgan fingerprint density at radius 1 is 1.08 bits per heavy atom. The van der Waals surface area contributed by atoms with Crippen molar-refractivity contribution in [1.29, 1.82) is 0 Å². The molecule has 0 aliphatic heterocycles. The van der Waals surface area contributed by atoms with Gasteiger partial charge in [-0.15, -0.1) is 0 Å². The van der Waals surface area contributed by atoms with Gasteiger partial charge in [0, 0.05) is 6.42 Å². The fourth-order valence-electron chi connectivity index (χ4n) is 2.79. The average molecular weight is 325 g/mol. The predicted molar refractivity (Wildman–Crippen MR) is 98.1 cm³/mol. The highest BCUT2D eigenvalue weighted by Crippen LogP contribution is 2.21. The van der Waals surface area contributed by atoms with Crippen LogP contribution in [0, 0.1) is 5.92 Å². The summed E-state index contributed by atoms with van der Waals surface area (Å²) in [4.78, 5) is 12.4. The Balaban J connectivity index is 1.94. The van der Waals surface area contributed by atoms with Gasteiger partial charge in [-0.1, -0.05) is 56.3 Å². The molecule has 2 aromatic carbocycles. The number of hydrogen-bond donors (Lipinski definition) is 1. The van der Waals surface area contributed by atoms with Gasteiger partial charge in [0.05, 0.1) is 13.2 Å². The van der Waals surface area contributed by atoms with Crippen LogP contribution in [0.1, 0.15) is 43.9 Å². The van der Waals surface area contributed by atoms with Gasteiger partial charge >= 0.3 is 0 Å². The lowest BCUT2D eigenvalue weighted by atomic mass is 9.96. The van der Waals surface area contributed by atoms with E-state index in [0.29, 0.717) is 18.8 Å². The number of hydrogen-bond acceptors (Lipinski definition) is 2. The second kappa shape index (κ2) is 9.11. The summed E-state index contributed by atoms with van der Waals surface area (Å²) in [5, 5.41) is 3.19. The van der Waals surface area contributed by atoms with Crippen molar-refractivity contribution in [3.63, 3.8) is 0 Å². The molecular weight excluding hydrogens is 298 g/mol. The highest BCUT2D eigenvalue weighted by Gasteiger charge is 2.15. The van der Waals surface area contributed by atoms with Crippen LogP contribution in [0.3, 0.4) is 0 Å². The van der Waals surface area contributed by atoms with Crippen LogP contribution in [0.2, 0.25) is 0 Å². The Morgan fingerprint density at radius 3 is 2.50 bits per heavy atom. The van der Waals surface area contributed by atoms with E-state index in [9.17, 15) is 4.79 Å². The summed E-state index contributed by atoms with van der Waals surface area (Å²) < 4.78 is 5.23. The SMILES string of the molecule is COc1cccc(CCC(=O)NC(CC(C)C)c2ccccc2)c1. The molecule has 0 aliphatic rings. The molecule has 2 rings (SSSR count). The van der Waals surface area contributed by atoms with Crippen LogP contribution < -0.4 is 10.1 Å². The summed E-state index contributed by atoms with van der Waals surface area (Å²) >= 11 is 0. The molecule has 128 valence electrons. The largest absolute Gasteiger partial charge is 0.497 e. The highest BCUT2D eigenvalue weighted by molar-refractivity contribution is 5.76. The molecule has 24 heavy (non-hydrogen) atoms. The zero-order valence-corrected chi connectivity index (χ0v) is 14.8. The quantitative estimate of drug-likeness (QED) is 0.774. The van der Waals surface area contributed by atoms with Crippen LogP contribution in [0.4, 0.5) is 0 Å². The van der Waals surface area contributed by atoms with Crippen molar-refractivity contribution in [2.75, 3.05) is 7.11 Å². The summed E-state index contributed by atoms with van der Waals surface area (Å²) in [7, 11) is 1.65. The van der Waals surface area contributed by atoms with Gasteiger partial charge in [0.1, 0.15) is 5.75 Å². The van der Waals surface area contributed by atoms with Gasteiger partial charge in [0.25, 0.3) is 0 Å². The van der Waals surface area contributed by atoms with Crippen molar-refractivity contribution in [3.8, 4) is 5.75 Å². The van der Waals surface area contributed by atoms with Crippen LogP contribution in [-0.4, -0.2) is 13.0 Å². The standard InChI is InChI=1S/C21H27NO2/c1-16(2)14-20(18-9-5-4-6-10-18)22-21(23)13-12-17-8-7-11-19(15-17)24-3/h4-11,15-16,20H,12-14H2,1-3H3,(H,22,23). The van der Waals surface area contributed by atoms with E-state index in [2.05, 4.69) is 31.3 Å².